The Kier molecular flexibility index (Phi) is 5.87. The molecular formula is C45H28N2O. The van der Waals surface area contributed by atoms with Crippen LogP contribution in [-0.2, 0) is 0 Å². The number of anilines is 3. The SMILES string of the molecule is c1ccc(-c2nc3ccccc3c3c2cc(N(c2ccc4ccccc4c2)c2ccc4ccccc4c2)c2oc4ccccc4c23)cc1. The Morgan fingerprint density at radius 3 is 1.73 bits per heavy atom. The lowest BCUT2D eigenvalue weighted by atomic mass is 9.94. The average molecular weight is 613 g/mol. The fourth-order valence-electron chi connectivity index (χ4n) is 7.35. The zero-order valence-electron chi connectivity index (χ0n) is 26.0. The molecule has 0 aliphatic rings. The van der Waals surface area contributed by atoms with Crippen molar-refractivity contribution in [1.29, 1.82) is 0 Å². The minimum Gasteiger partial charge on any atom is -0.454 e. The van der Waals surface area contributed by atoms with E-state index in [-0.39, 0.29) is 0 Å². The molecule has 0 saturated heterocycles. The molecule has 0 saturated carbocycles. The molecule has 0 bridgehead atoms. The predicted octanol–water partition coefficient (Wildman–Crippen LogP) is 12.7. The number of furan rings is 1. The molecule has 2 aromatic heterocycles. The average Bonchev–Trinajstić information content (AvgIpc) is 3.55. The number of hydrogen-bond acceptors (Lipinski definition) is 3. The highest BCUT2D eigenvalue weighted by molar-refractivity contribution is 6.31. The van der Waals surface area contributed by atoms with Crippen LogP contribution in [0.1, 0.15) is 0 Å². The molecule has 0 N–H and O–H groups in total. The van der Waals surface area contributed by atoms with Crippen LogP contribution in [0.3, 0.4) is 0 Å². The van der Waals surface area contributed by atoms with Gasteiger partial charge < -0.3 is 9.32 Å². The second kappa shape index (κ2) is 10.5. The van der Waals surface area contributed by atoms with E-state index >= 15 is 0 Å². The van der Waals surface area contributed by atoms with Crippen LogP contribution in [0.4, 0.5) is 17.1 Å². The number of aromatic nitrogens is 1. The molecule has 48 heavy (non-hydrogen) atoms. The van der Waals surface area contributed by atoms with Crippen molar-refractivity contribution in [2.45, 2.75) is 0 Å². The van der Waals surface area contributed by atoms with Crippen molar-refractivity contribution in [3.63, 3.8) is 0 Å². The van der Waals surface area contributed by atoms with E-state index in [2.05, 4.69) is 169 Å². The van der Waals surface area contributed by atoms with Crippen LogP contribution in [0, 0.1) is 0 Å². The van der Waals surface area contributed by atoms with Gasteiger partial charge in [0.1, 0.15) is 5.58 Å². The van der Waals surface area contributed by atoms with Gasteiger partial charge in [0.2, 0.25) is 0 Å². The van der Waals surface area contributed by atoms with Crippen LogP contribution in [0.25, 0.3) is 76.4 Å². The molecule has 3 nitrogen and oxygen atoms in total. The number of fused-ring (bicyclic) bond motifs is 9. The Morgan fingerprint density at radius 2 is 1.02 bits per heavy atom. The molecule has 224 valence electrons. The molecule has 0 atom stereocenters. The minimum atomic E-state index is 0.848. The summed E-state index contributed by atoms with van der Waals surface area (Å²) in [5.74, 6) is 0. The van der Waals surface area contributed by atoms with Crippen LogP contribution in [-0.4, -0.2) is 4.98 Å². The van der Waals surface area contributed by atoms with Crippen molar-refractivity contribution >= 4 is 82.2 Å². The molecule has 8 aromatic carbocycles. The normalized spacial score (nSPS) is 11.8. The molecule has 10 rings (SSSR count). The van der Waals surface area contributed by atoms with E-state index in [9.17, 15) is 0 Å². The molecule has 0 amide bonds. The minimum absolute atomic E-state index is 0.848. The van der Waals surface area contributed by atoms with Gasteiger partial charge in [0, 0.05) is 43.9 Å². The van der Waals surface area contributed by atoms with Gasteiger partial charge in [-0.1, -0.05) is 127 Å². The summed E-state index contributed by atoms with van der Waals surface area (Å²) in [6.45, 7) is 0. The first kappa shape index (κ1) is 26.7. The zero-order valence-corrected chi connectivity index (χ0v) is 26.0. The second-order valence-electron chi connectivity index (χ2n) is 12.4. The van der Waals surface area contributed by atoms with Crippen molar-refractivity contribution < 1.29 is 4.42 Å². The molecule has 0 aliphatic heterocycles. The second-order valence-corrected chi connectivity index (χ2v) is 12.4. The third-order valence-electron chi connectivity index (χ3n) is 9.56. The molecule has 0 radical (unpaired) electrons. The molecule has 2 heterocycles. The van der Waals surface area contributed by atoms with Gasteiger partial charge in [0.05, 0.1) is 16.9 Å². The predicted molar refractivity (Wildman–Crippen MR) is 202 cm³/mol. The van der Waals surface area contributed by atoms with Gasteiger partial charge in [-0.25, -0.2) is 4.98 Å². The highest BCUT2D eigenvalue weighted by Gasteiger charge is 2.25. The summed E-state index contributed by atoms with van der Waals surface area (Å²) >= 11 is 0. The monoisotopic (exact) mass is 612 g/mol. The first-order valence-electron chi connectivity index (χ1n) is 16.3. The summed E-state index contributed by atoms with van der Waals surface area (Å²) in [5.41, 5.74) is 7.78. The molecular weight excluding hydrogens is 585 g/mol. The molecule has 10 aromatic rings. The fraction of sp³-hybridized carbons (Fsp3) is 0. The number of nitrogens with zero attached hydrogens (tertiary/aromatic N) is 2. The molecule has 0 unspecified atom stereocenters. The van der Waals surface area contributed by atoms with Gasteiger partial charge in [-0.15, -0.1) is 0 Å². The van der Waals surface area contributed by atoms with Crippen LogP contribution < -0.4 is 4.90 Å². The van der Waals surface area contributed by atoms with Gasteiger partial charge in [-0.2, -0.15) is 0 Å². The standard InChI is InChI=1S/C45H28N2O/c1-2-14-31(15-3-1)44-38-28-40(45-43(37-19-9-11-21-41(37)48-45)42(38)36-18-8-10-20-39(36)46-44)47(34-24-22-29-12-4-6-16-32(29)26-34)35-25-23-30-13-5-7-17-33(30)27-35/h1-28H. The highest BCUT2D eigenvalue weighted by Crippen LogP contribution is 2.49. The Hall–Kier alpha value is -6.45. The van der Waals surface area contributed by atoms with Crippen molar-refractivity contribution in [3.8, 4) is 11.3 Å². The lowest BCUT2D eigenvalue weighted by Crippen LogP contribution is -2.10. The summed E-state index contributed by atoms with van der Waals surface area (Å²) in [5, 5.41) is 10.3. The Balaban J connectivity index is 1.40. The highest BCUT2D eigenvalue weighted by atomic mass is 16.3. The third kappa shape index (κ3) is 4.11. The van der Waals surface area contributed by atoms with E-state index in [1.54, 1.807) is 0 Å². The smallest absolute Gasteiger partial charge is 0.160 e. The van der Waals surface area contributed by atoms with E-state index in [1.165, 1.54) is 21.5 Å². The summed E-state index contributed by atoms with van der Waals surface area (Å²) in [6.07, 6.45) is 0. The van der Waals surface area contributed by atoms with Crippen molar-refractivity contribution in [2.75, 3.05) is 4.90 Å². The van der Waals surface area contributed by atoms with Gasteiger partial charge in [0.25, 0.3) is 0 Å². The topological polar surface area (TPSA) is 29.3 Å². The maximum atomic E-state index is 6.92. The number of benzene rings is 8. The van der Waals surface area contributed by atoms with Crippen LogP contribution >= 0.6 is 0 Å². The van der Waals surface area contributed by atoms with Gasteiger partial charge in [-0.05, 0) is 64.0 Å². The third-order valence-corrected chi connectivity index (χ3v) is 9.56. The van der Waals surface area contributed by atoms with E-state index in [1.807, 2.05) is 6.07 Å². The van der Waals surface area contributed by atoms with Crippen molar-refractivity contribution in [2.24, 2.45) is 0 Å². The van der Waals surface area contributed by atoms with E-state index in [0.29, 0.717) is 0 Å². The van der Waals surface area contributed by atoms with Crippen LogP contribution in [0.2, 0.25) is 0 Å². The molecule has 0 fully saturated rings. The Bertz CT molecular complexity index is 2770. The van der Waals surface area contributed by atoms with Gasteiger partial charge in [-0.3, -0.25) is 0 Å². The van der Waals surface area contributed by atoms with Crippen molar-refractivity contribution in [1.82, 2.24) is 4.98 Å². The van der Waals surface area contributed by atoms with E-state index in [4.69, 9.17) is 9.40 Å². The lowest BCUT2D eigenvalue weighted by Gasteiger charge is -2.27. The van der Waals surface area contributed by atoms with Gasteiger partial charge >= 0.3 is 0 Å². The fourth-order valence-corrected chi connectivity index (χ4v) is 7.35. The van der Waals surface area contributed by atoms with Crippen LogP contribution in [0.5, 0.6) is 0 Å². The van der Waals surface area contributed by atoms with E-state index in [0.717, 1.165) is 71.9 Å². The quantitative estimate of drug-likeness (QED) is 0.185. The van der Waals surface area contributed by atoms with Crippen LogP contribution in [0.15, 0.2) is 174 Å². The zero-order chi connectivity index (χ0) is 31.6. The summed E-state index contributed by atoms with van der Waals surface area (Å²) in [6, 6.07) is 60.2. The Morgan fingerprint density at radius 1 is 0.438 bits per heavy atom. The number of para-hydroxylation sites is 2. The molecule has 3 heteroatoms. The number of rotatable bonds is 4. The van der Waals surface area contributed by atoms with Gasteiger partial charge in [0.15, 0.2) is 5.58 Å². The summed E-state index contributed by atoms with van der Waals surface area (Å²) in [4.78, 5) is 7.68. The summed E-state index contributed by atoms with van der Waals surface area (Å²) < 4.78 is 6.92. The van der Waals surface area contributed by atoms with Crippen molar-refractivity contribution in [3.05, 3.63) is 170 Å². The number of pyridine rings is 1. The summed E-state index contributed by atoms with van der Waals surface area (Å²) in [7, 11) is 0. The molecule has 0 aliphatic carbocycles. The van der Waals surface area contributed by atoms with E-state index < -0.39 is 0 Å². The first-order valence-corrected chi connectivity index (χ1v) is 16.3. The molecule has 0 spiro atoms. The maximum absolute atomic E-state index is 6.92. The Labute approximate surface area is 276 Å². The maximum Gasteiger partial charge on any atom is 0.160 e. The largest absolute Gasteiger partial charge is 0.454 e. The number of hydrogen-bond donors (Lipinski definition) is 0. The lowest BCUT2D eigenvalue weighted by molar-refractivity contribution is 0.669. The first-order chi connectivity index (χ1) is 23.8.